The van der Waals surface area contributed by atoms with Crippen molar-refractivity contribution in [3.63, 3.8) is 0 Å². The highest BCUT2D eigenvalue weighted by Crippen LogP contribution is 2.20. The molecule has 1 aromatic heterocycles. The van der Waals surface area contributed by atoms with Gasteiger partial charge in [0.25, 0.3) is 0 Å². The van der Waals surface area contributed by atoms with E-state index < -0.39 is 0 Å². The van der Waals surface area contributed by atoms with Gasteiger partial charge in [0.15, 0.2) is 0 Å². The zero-order valence-corrected chi connectivity index (χ0v) is 8.47. The van der Waals surface area contributed by atoms with Gasteiger partial charge in [-0.25, -0.2) is 9.97 Å². The van der Waals surface area contributed by atoms with E-state index >= 15 is 0 Å². The average Bonchev–Trinajstić information content (AvgIpc) is 2.20. The van der Waals surface area contributed by atoms with Gasteiger partial charge in [0.2, 0.25) is 0 Å². The Labute approximate surface area is 82.4 Å². The molecule has 0 bridgehead atoms. The van der Waals surface area contributed by atoms with Gasteiger partial charge in [-0.2, -0.15) is 11.8 Å². The summed E-state index contributed by atoms with van der Waals surface area (Å²) in [6, 6.07) is 0.444. The summed E-state index contributed by atoms with van der Waals surface area (Å²) in [4.78, 5) is 8.39. The fourth-order valence-corrected chi connectivity index (χ4v) is 2.34. The maximum absolute atomic E-state index is 4.19. The second-order valence-electron chi connectivity index (χ2n) is 3.15. The van der Waals surface area contributed by atoms with Crippen LogP contribution in [-0.2, 0) is 0 Å². The van der Waals surface area contributed by atoms with Crippen LogP contribution in [0.15, 0.2) is 12.4 Å². The molecular formula is C9H13N3S. The Kier molecular flexibility index (Phi) is 2.80. The number of rotatable bonds is 1. The van der Waals surface area contributed by atoms with E-state index in [1.54, 1.807) is 0 Å². The van der Waals surface area contributed by atoms with Crippen molar-refractivity contribution in [2.45, 2.75) is 13.0 Å². The molecule has 0 aliphatic carbocycles. The van der Waals surface area contributed by atoms with Crippen molar-refractivity contribution < 1.29 is 0 Å². The third kappa shape index (κ3) is 2.19. The van der Waals surface area contributed by atoms with Crippen LogP contribution < -0.4 is 5.32 Å². The second kappa shape index (κ2) is 4.07. The molecule has 4 heteroatoms. The van der Waals surface area contributed by atoms with E-state index in [0.717, 1.165) is 18.1 Å². The quantitative estimate of drug-likeness (QED) is 0.730. The van der Waals surface area contributed by atoms with Crippen LogP contribution in [0.3, 0.4) is 0 Å². The number of nitrogens with one attached hydrogen (secondary N) is 1. The summed E-state index contributed by atoms with van der Waals surface area (Å²) in [5.41, 5.74) is 1.21. The molecule has 2 rings (SSSR count). The average molecular weight is 195 g/mol. The fraction of sp³-hybridized carbons (Fsp3) is 0.556. The molecule has 0 spiro atoms. The summed E-state index contributed by atoms with van der Waals surface area (Å²) in [6.45, 7) is 3.00. The van der Waals surface area contributed by atoms with Crippen molar-refractivity contribution in [3.05, 3.63) is 23.8 Å². The summed E-state index contributed by atoms with van der Waals surface area (Å²) < 4.78 is 0. The predicted molar refractivity (Wildman–Crippen MR) is 54.8 cm³/mol. The number of aromatic nitrogens is 2. The number of thioether (sulfide) groups is 1. The van der Waals surface area contributed by atoms with Gasteiger partial charge in [0, 0.05) is 42.0 Å². The minimum absolute atomic E-state index is 0.444. The van der Waals surface area contributed by atoms with Gasteiger partial charge < -0.3 is 5.32 Å². The van der Waals surface area contributed by atoms with E-state index in [0.29, 0.717) is 6.04 Å². The normalized spacial score (nSPS) is 23.0. The van der Waals surface area contributed by atoms with Crippen LogP contribution in [0.1, 0.15) is 17.4 Å². The van der Waals surface area contributed by atoms with E-state index in [-0.39, 0.29) is 0 Å². The first-order valence-electron chi connectivity index (χ1n) is 4.46. The third-order valence-corrected chi connectivity index (χ3v) is 3.19. The van der Waals surface area contributed by atoms with Crippen LogP contribution in [-0.4, -0.2) is 28.0 Å². The Bertz CT molecular complexity index is 267. The number of hydrogen-bond acceptors (Lipinski definition) is 4. The molecular weight excluding hydrogens is 182 g/mol. The molecule has 1 aliphatic rings. The van der Waals surface area contributed by atoms with Gasteiger partial charge in [-0.05, 0) is 6.92 Å². The highest BCUT2D eigenvalue weighted by atomic mass is 32.2. The summed E-state index contributed by atoms with van der Waals surface area (Å²) in [7, 11) is 0. The standard InChI is InChI=1S/C9H13N3S/c1-7-11-4-8(5-12-7)9-6-13-3-2-10-9/h4-5,9-10H,2-3,6H2,1H3. The summed E-state index contributed by atoms with van der Waals surface area (Å²) in [5.74, 6) is 3.18. The van der Waals surface area contributed by atoms with Crippen molar-refractivity contribution >= 4 is 11.8 Å². The first-order chi connectivity index (χ1) is 6.36. The van der Waals surface area contributed by atoms with Crippen LogP contribution in [0.5, 0.6) is 0 Å². The zero-order valence-electron chi connectivity index (χ0n) is 7.66. The van der Waals surface area contributed by atoms with Gasteiger partial charge in [-0.15, -0.1) is 0 Å². The highest BCUT2D eigenvalue weighted by molar-refractivity contribution is 7.99. The molecule has 1 fully saturated rings. The van der Waals surface area contributed by atoms with Crippen molar-refractivity contribution in [1.82, 2.24) is 15.3 Å². The van der Waals surface area contributed by atoms with Crippen LogP contribution in [0.25, 0.3) is 0 Å². The van der Waals surface area contributed by atoms with Crippen molar-refractivity contribution in [3.8, 4) is 0 Å². The van der Waals surface area contributed by atoms with Crippen LogP contribution in [0.4, 0.5) is 0 Å². The number of aryl methyl sites for hydroxylation is 1. The molecule has 0 saturated carbocycles. The molecule has 70 valence electrons. The minimum Gasteiger partial charge on any atom is -0.308 e. The van der Waals surface area contributed by atoms with Crippen LogP contribution in [0, 0.1) is 6.92 Å². The van der Waals surface area contributed by atoms with Gasteiger partial charge in [0.1, 0.15) is 5.82 Å². The summed E-state index contributed by atoms with van der Waals surface area (Å²) in [5, 5.41) is 3.45. The molecule has 1 aliphatic heterocycles. The monoisotopic (exact) mass is 195 g/mol. The molecule has 0 aromatic carbocycles. The van der Waals surface area contributed by atoms with E-state index in [1.165, 1.54) is 11.3 Å². The van der Waals surface area contributed by atoms with Crippen LogP contribution in [0.2, 0.25) is 0 Å². The molecule has 1 atom stereocenters. The Morgan fingerprint density at radius 2 is 2.23 bits per heavy atom. The van der Waals surface area contributed by atoms with Gasteiger partial charge in [-0.3, -0.25) is 0 Å². The molecule has 2 heterocycles. The lowest BCUT2D eigenvalue weighted by Crippen LogP contribution is -2.30. The highest BCUT2D eigenvalue weighted by Gasteiger charge is 2.14. The SMILES string of the molecule is Cc1ncc(C2CSCCN2)cn1. The maximum atomic E-state index is 4.19. The predicted octanol–water partition coefficient (Wildman–Crippen LogP) is 1.16. The van der Waals surface area contributed by atoms with Crippen molar-refractivity contribution in [1.29, 1.82) is 0 Å². The molecule has 1 N–H and O–H groups in total. The smallest absolute Gasteiger partial charge is 0.125 e. The van der Waals surface area contributed by atoms with Crippen LogP contribution >= 0.6 is 11.8 Å². The third-order valence-electron chi connectivity index (χ3n) is 2.12. The number of hydrogen-bond donors (Lipinski definition) is 1. The van der Waals surface area contributed by atoms with E-state index in [4.69, 9.17) is 0 Å². The summed E-state index contributed by atoms with van der Waals surface area (Å²) >= 11 is 1.98. The lowest BCUT2D eigenvalue weighted by molar-refractivity contribution is 0.590. The Morgan fingerprint density at radius 1 is 1.46 bits per heavy atom. The largest absolute Gasteiger partial charge is 0.308 e. The Hall–Kier alpha value is -0.610. The second-order valence-corrected chi connectivity index (χ2v) is 4.30. The topological polar surface area (TPSA) is 37.8 Å². The van der Waals surface area contributed by atoms with E-state index in [1.807, 2.05) is 31.1 Å². The van der Waals surface area contributed by atoms with E-state index in [9.17, 15) is 0 Å². The molecule has 1 aromatic rings. The zero-order chi connectivity index (χ0) is 9.10. The number of nitrogens with zero attached hydrogens (tertiary/aromatic N) is 2. The molecule has 0 radical (unpaired) electrons. The Balaban J connectivity index is 2.10. The first kappa shape index (κ1) is 8.97. The van der Waals surface area contributed by atoms with Gasteiger partial charge >= 0.3 is 0 Å². The van der Waals surface area contributed by atoms with Gasteiger partial charge in [0.05, 0.1) is 0 Å². The Morgan fingerprint density at radius 3 is 2.85 bits per heavy atom. The molecule has 13 heavy (non-hydrogen) atoms. The molecule has 1 saturated heterocycles. The molecule has 0 amide bonds. The van der Waals surface area contributed by atoms with Crippen molar-refractivity contribution in [2.75, 3.05) is 18.1 Å². The van der Waals surface area contributed by atoms with E-state index in [2.05, 4.69) is 15.3 Å². The summed E-state index contributed by atoms with van der Waals surface area (Å²) in [6.07, 6.45) is 3.84. The van der Waals surface area contributed by atoms with Crippen molar-refractivity contribution in [2.24, 2.45) is 0 Å². The fourth-order valence-electron chi connectivity index (χ4n) is 1.36. The molecule has 3 nitrogen and oxygen atoms in total. The van der Waals surface area contributed by atoms with Gasteiger partial charge in [-0.1, -0.05) is 0 Å². The minimum atomic E-state index is 0.444. The lowest BCUT2D eigenvalue weighted by atomic mass is 10.2. The maximum Gasteiger partial charge on any atom is 0.125 e. The first-order valence-corrected chi connectivity index (χ1v) is 5.61. The lowest BCUT2D eigenvalue weighted by Gasteiger charge is -2.22. The molecule has 1 unspecified atom stereocenters.